The molecule has 0 saturated heterocycles. The predicted molar refractivity (Wildman–Crippen MR) is 162 cm³/mol. The van der Waals surface area contributed by atoms with E-state index in [1.165, 1.54) is 32.1 Å². The summed E-state index contributed by atoms with van der Waals surface area (Å²) in [6.07, 6.45) is 11.2. The van der Waals surface area contributed by atoms with Crippen LogP contribution in [0.3, 0.4) is 0 Å². The van der Waals surface area contributed by atoms with Crippen LogP contribution in [-0.4, -0.2) is 71.6 Å². The molecule has 0 fully saturated rings. The zero-order valence-electron chi connectivity index (χ0n) is 25.9. The summed E-state index contributed by atoms with van der Waals surface area (Å²) in [5, 5.41) is 6.50. The van der Waals surface area contributed by atoms with Gasteiger partial charge in [-0.2, -0.15) is 0 Å². The van der Waals surface area contributed by atoms with Gasteiger partial charge < -0.3 is 30.6 Å². The van der Waals surface area contributed by atoms with Crippen LogP contribution in [0.15, 0.2) is 36.6 Å². The van der Waals surface area contributed by atoms with E-state index in [-0.39, 0.29) is 17.9 Å². The van der Waals surface area contributed by atoms with E-state index in [0.29, 0.717) is 18.4 Å². The Kier molecular flexibility index (Phi) is 26.2. The Hall–Kier alpha value is -1.51. The average molecular weight is 540 g/mol. The number of methoxy groups -OCH3 is 2. The van der Waals surface area contributed by atoms with Crippen molar-refractivity contribution < 1.29 is 19.0 Å². The van der Waals surface area contributed by atoms with E-state index < -0.39 is 6.10 Å². The molecule has 0 aromatic rings. The van der Waals surface area contributed by atoms with Crippen molar-refractivity contribution in [3.63, 3.8) is 0 Å². The van der Waals surface area contributed by atoms with Crippen LogP contribution in [0.1, 0.15) is 79.6 Å². The zero-order valence-corrected chi connectivity index (χ0v) is 25.9. The van der Waals surface area contributed by atoms with Crippen molar-refractivity contribution in [2.45, 2.75) is 97.8 Å². The first kappa shape index (κ1) is 38.6. The molecule has 1 rings (SSSR count). The number of carbonyl (C=O) groups is 1. The number of ketones is 1. The van der Waals surface area contributed by atoms with Crippen LogP contribution in [-0.2, 0) is 19.0 Å². The number of nitrogens with two attached hydrogens (primary N) is 1. The van der Waals surface area contributed by atoms with Crippen molar-refractivity contribution in [2.75, 3.05) is 47.6 Å². The molecule has 1 aliphatic rings. The van der Waals surface area contributed by atoms with Crippen molar-refractivity contribution in [1.82, 2.24) is 10.6 Å². The Balaban J connectivity index is 0. The van der Waals surface area contributed by atoms with E-state index in [2.05, 4.69) is 51.5 Å². The molecule has 224 valence electrons. The van der Waals surface area contributed by atoms with E-state index in [1.54, 1.807) is 26.4 Å². The summed E-state index contributed by atoms with van der Waals surface area (Å²) in [5.41, 5.74) is 7.78. The fraction of sp³-hybridized carbons (Fsp3) is 0.774. The van der Waals surface area contributed by atoms with Crippen LogP contribution in [0.5, 0.6) is 0 Å². The maximum atomic E-state index is 11.2. The number of ether oxygens (including phenoxy) is 3. The van der Waals surface area contributed by atoms with Gasteiger partial charge in [-0.05, 0) is 65.0 Å². The first-order chi connectivity index (χ1) is 18.2. The number of unbranched alkanes of at least 4 members (excludes halogenated alkanes) is 1. The Morgan fingerprint density at radius 2 is 1.84 bits per heavy atom. The topological polar surface area (TPSA) is 94.8 Å². The number of hydrogen-bond donors (Lipinski definition) is 3. The standard InChI is InChI=1S/C14H26N2O2.C14H29NO2.C3H6/c1-4-5-6-10(2)7-11(9-15)16-12-8-13(17)14(12)18-3;1-12(2)14(17-11-7-10-16-5)13(3)8-6-9-15-4;1-3-2/h8,10-11,14,16H,4-7,9,15H2,1-3H3;13-15H,1,6-11H2,2-5H3;3H,1H2,2H3. The Morgan fingerprint density at radius 3 is 2.32 bits per heavy atom. The highest BCUT2D eigenvalue weighted by atomic mass is 16.5. The van der Waals surface area contributed by atoms with Crippen molar-refractivity contribution in [2.24, 2.45) is 17.6 Å². The monoisotopic (exact) mass is 539 g/mol. The summed E-state index contributed by atoms with van der Waals surface area (Å²) in [5.74, 6) is 1.22. The molecule has 0 saturated carbocycles. The van der Waals surface area contributed by atoms with Crippen LogP contribution >= 0.6 is 0 Å². The van der Waals surface area contributed by atoms with Gasteiger partial charge in [-0.3, -0.25) is 4.79 Å². The molecule has 38 heavy (non-hydrogen) atoms. The lowest BCUT2D eigenvalue weighted by Gasteiger charge is -2.30. The highest BCUT2D eigenvalue weighted by molar-refractivity contribution is 6.03. The van der Waals surface area contributed by atoms with Gasteiger partial charge in [0.15, 0.2) is 11.9 Å². The zero-order chi connectivity index (χ0) is 29.3. The third-order valence-corrected chi connectivity index (χ3v) is 6.35. The van der Waals surface area contributed by atoms with Crippen LogP contribution in [0.25, 0.3) is 0 Å². The van der Waals surface area contributed by atoms with E-state index in [4.69, 9.17) is 19.9 Å². The molecule has 1 aliphatic carbocycles. The van der Waals surface area contributed by atoms with E-state index in [0.717, 1.165) is 43.9 Å². The molecule has 4 N–H and O–H groups in total. The Morgan fingerprint density at radius 1 is 1.18 bits per heavy atom. The van der Waals surface area contributed by atoms with Gasteiger partial charge in [0.05, 0.1) is 11.8 Å². The maximum absolute atomic E-state index is 11.2. The van der Waals surface area contributed by atoms with E-state index in [9.17, 15) is 4.79 Å². The minimum atomic E-state index is -0.398. The summed E-state index contributed by atoms with van der Waals surface area (Å²) in [7, 11) is 5.26. The molecule has 0 aromatic heterocycles. The van der Waals surface area contributed by atoms with E-state index in [1.807, 2.05) is 14.0 Å². The Bertz CT molecular complexity index is 639. The van der Waals surface area contributed by atoms with Gasteiger partial charge in [0.25, 0.3) is 0 Å². The fourth-order valence-electron chi connectivity index (χ4n) is 4.29. The lowest BCUT2D eigenvalue weighted by molar-refractivity contribution is -0.125. The summed E-state index contributed by atoms with van der Waals surface area (Å²) in [4.78, 5) is 11.2. The third kappa shape index (κ3) is 18.7. The molecule has 7 nitrogen and oxygen atoms in total. The average Bonchev–Trinajstić information content (AvgIpc) is 2.87. The number of rotatable bonds is 20. The molecule has 0 heterocycles. The van der Waals surface area contributed by atoms with Gasteiger partial charge in [0.2, 0.25) is 0 Å². The van der Waals surface area contributed by atoms with Crippen LogP contribution in [0, 0.1) is 11.8 Å². The molecule has 0 radical (unpaired) electrons. The first-order valence-electron chi connectivity index (χ1n) is 14.4. The molecule has 0 bridgehead atoms. The van der Waals surface area contributed by atoms with Gasteiger partial charge in [0.1, 0.15) is 0 Å². The second-order valence-electron chi connectivity index (χ2n) is 10.3. The lowest BCUT2D eigenvalue weighted by Crippen LogP contribution is -2.46. The highest BCUT2D eigenvalue weighted by Gasteiger charge is 2.31. The van der Waals surface area contributed by atoms with Crippen molar-refractivity contribution in [3.8, 4) is 0 Å². The first-order valence-corrected chi connectivity index (χ1v) is 14.4. The van der Waals surface area contributed by atoms with Gasteiger partial charge >= 0.3 is 0 Å². The number of allylic oxidation sites excluding steroid dienone is 1. The molecular weight excluding hydrogens is 478 g/mol. The maximum Gasteiger partial charge on any atom is 0.192 e. The highest BCUT2D eigenvalue weighted by Crippen LogP contribution is 2.21. The molecule has 5 atom stereocenters. The fourth-order valence-corrected chi connectivity index (χ4v) is 4.29. The Labute approximate surface area is 235 Å². The largest absolute Gasteiger partial charge is 0.385 e. The smallest absolute Gasteiger partial charge is 0.192 e. The SMILES string of the molecule is C=C(C)C(OCCCOC)C(C)CCCNC.C=CC.CCCCC(C)CC(CN)NC1=CC(=O)C1OC. The quantitative estimate of drug-likeness (QED) is 0.141. The summed E-state index contributed by atoms with van der Waals surface area (Å²) < 4.78 is 16.0. The number of nitrogens with one attached hydrogen (secondary N) is 2. The molecule has 7 heteroatoms. The van der Waals surface area contributed by atoms with Crippen molar-refractivity contribution >= 4 is 5.78 Å². The summed E-state index contributed by atoms with van der Waals surface area (Å²) in [6.45, 7) is 21.2. The molecule has 0 amide bonds. The predicted octanol–water partition coefficient (Wildman–Crippen LogP) is 5.41. The third-order valence-electron chi connectivity index (χ3n) is 6.35. The normalized spacial score (nSPS) is 17.3. The minimum absolute atomic E-state index is 0.0369. The lowest BCUT2D eigenvalue weighted by atomic mass is 9.94. The minimum Gasteiger partial charge on any atom is -0.385 e. The second kappa shape index (κ2) is 25.8. The molecule has 0 aromatic carbocycles. The number of carbonyl (C=O) groups excluding carboxylic acids is 1. The van der Waals surface area contributed by atoms with Crippen molar-refractivity contribution in [1.29, 1.82) is 0 Å². The van der Waals surface area contributed by atoms with Gasteiger partial charge in [-0.25, -0.2) is 0 Å². The summed E-state index contributed by atoms with van der Waals surface area (Å²) in [6, 6.07) is 0.230. The van der Waals surface area contributed by atoms with Gasteiger partial charge in [0, 0.05) is 46.1 Å². The molecule has 5 unspecified atom stereocenters. The van der Waals surface area contributed by atoms with Crippen LogP contribution in [0.2, 0.25) is 0 Å². The van der Waals surface area contributed by atoms with Crippen molar-refractivity contribution in [3.05, 3.63) is 36.6 Å². The number of hydrogen-bond acceptors (Lipinski definition) is 7. The van der Waals surface area contributed by atoms with Crippen LogP contribution in [0.4, 0.5) is 0 Å². The van der Waals surface area contributed by atoms with Crippen LogP contribution < -0.4 is 16.4 Å². The van der Waals surface area contributed by atoms with Gasteiger partial charge in [-0.15, -0.1) is 6.58 Å². The van der Waals surface area contributed by atoms with E-state index >= 15 is 0 Å². The second-order valence-corrected chi connectivity index (χ2v) is 10.3. The molecular formula is C31H61N3O4. The molecule has 0 aliphatic heterocycles. The summed E-state index contributed by atoms with van der Waals surface area (Å²) >= 11 is 0. The van der Waals surface area contributed by atoms with Gasteiger partial charge in [-0.1, -0.05) is 58.3 Å². The molecule has 0 spiro atoms.